The van der Waals surface area contributed by atoms with E-state index in [1.807, 2.05) is 0 Å². The number of halogens is 3. The number of hydrogen-bond donors (Lipinski definition) is 3. The van der Waals surface area contributed by atoms with Crippen molar-refractivity contribution < 1.29 is 28.5 Å². The standard InChI is InChI=1S/C10H11F3O3/c1-5(14)4-6-2-3-7(10(11,12)13)9(16)8(6)15/h2-3,5,14-16H,4H2,1H3. The number of aromatic hydroxyl groups is 2. The molecule has 0 amide bonds. The Morgan fingerprint density at radius 3 is 2.19 bits per heavy atom. The number of benzene rings is 1. The number of aliphatic hydroxyl groups is 1. The number of aliphatic hydroxyl groups excluding tert-OH is 1. The molecule has 0 saturated carbocycles. The van der Waals surface area contributed by atoms with Crippen LogP contribution < -0.4 is 0 Å². The van der Waals surface area contributed by atoms with Crippen molar-refractivity contribution in [3.8, 4) is 11.5 Å². The van der Waals surface area contributed by atoms with Gasteiger partial charge < -0.3 is 15.3 Å². The lowest BCUT2D eigenvalue weighted by atomic mass is 10.0. The largest absolute Gasteiger partial charge is 0.504 e. The summed E-state index contributed by atoms with van der Waals surface area (Å²) in [6.45, 7) is 1.42. The zero-order valence-electron chi connectivity index (χ0n) is 8.41. The van der Waals surface area contributed by atoms with Crippen molar-refractivity contribution in [3.05, 3.63) is 23.3 Å². The third-order valence-corrected chi connectivity index (χ3v) is 2.06. The minimum atomic E-state index is -4.72. The molecule has 0 bridgehead atoms. The molecule has 1 atom stereocenters. The summed E-state index contributed by atoms with van der Waals surface area (Å²) in [6, 6.07) is 1.71. The van der Waals surface area contributed by atoms with Crippen molar-refractivity contribution >= 4 is 0 Å². The van der Waals surface area contributed by atoms with E-state index in [1.54, 1.807) is 0 Å². The first kappa shape index (κ1) is 12.6. The smallest absolute Gasteiger partial charge is 0.420 e. The first-order valence-corrected chi connectivity index (χ1v) is 4.52. The van der Waals surface area contributed by atoms with E-state index in [0.717, 1.165) is 6.07 Å². The SMILES string of the molecule is CC(O)Cc1ccc(C(F)(F)F)c(O)c1O. The van der Waals surface area contributed by atoms with E-state index in [0.29, 0.717) is 6.07 Å². The van der Waals surface area contributed by atoms with Crippen molar-refractivity contribution in [3.63, 3.8) is 0 Å². The van der Waals surface area contributed by atoms with Gasteiger partial charge >= 0.3 is 6.18 Å². The van der Waals surface area contributed by atoms with Gasteiger partial charge in [-0.25, -0.2) is 0 Å². The Kier molecular flexibility index (Phi) is 3.32. The molecule has 0 aliphatic rings. The summed E-state index contributed by atoms with van der Waals surface area (Å²) in [7, 11) is 0. The molecule has 0 aromatic heterocycles. The van der Waals surface area contributed by atoms with Gasteiger partial charge in [-0.1, -0.05) is 6.07 Å². The Bertz CT molecular complexity index is 386. The fourth-order valence-corrected chi connectivity index (χ4v) is 1.33. The fraction of sp³-hybridized carbons (Fsp3) is 0.400. The van der Waals surface area contributed by atoms with Gasteiger partial charge in [-0.2, -0.15) is 13.2 Å². The highest BCUT2D eigenvalue weighted by molar-refractivity contribution is 5.51. The predicted molar refractivity (Wildman–Crippen MR) is 50.2 cm³/mol. The summed E-state index contributed by atoms with van der Waals surface area (Å²) in [5.74, 6) is -2.04. The molecule has 1 rings (SSSR count). The highest BCUT2D eigenvalue weighted by Crippen LogP contribution is 2.42. The van der Waals surface area contributed by atoms with Crippen LogP contribution in [-0.4, -0.2) is 21.4 Å². The van der Waals surface area contributed by atoms with Gasteiger partial charge in [0, 0.05) is 12.0 Å². The van der Waals surface area contributed by atoms with E-state index in [9.17, 15) is 23.4 Å². The molecule has 1 aromatic carbocycles. The molecule has 0 fully saturated rings. The van der Waals surface area contributed by atoms with Crippen LogP contribution in [0, 0.1) is 0 Å². The number of alkyl halides is 3. The molecule has 90 valence electrons. The molecule has 3 N–H and O–H groups in total. The third kappa shape index (κ3) is 2.57. The van der Waals surface area contributed by atoms with Crippen molar-refractivity contribution in [1.29, 1.82) is 0 Å². The first-order chi connectivity index (χ1) is 7.23. The van der Waals surface area contributed by atoms with Crippen LogP contribution >= 0.6 is 0 Å². The second kappa shape index (κ2) is 4.21. The number of hydrogen-bond acceptors (Lipinski definition) is 3. The Hall–Kier alpha value is -1.43. The van der Waals surface area contributed by atoms with Gasteiger partial charge in [0.25, 0.3) is 0 Å². The molecule has 0 radical (unpaired) electrons. The molecular weight excluding hydrogens is 225 g/mol. The Morgan fingerprint density at radius 2 is 1.75 bits per heavy atom. The second-order valence-electron chi connectivity index (χ2n) is 3.52. The lowest BCUT2D eigenvalue weighted by molar-refractivity contribution is -0.138. The minimum absolute atomic E-state index is 0.0302. The molecule has 0 saturated heterocycles. The zero-order chi connectivity index (χ0) is 12.5. The monoisotopic (exact) mass is 236 g/mol. The van der Waals surface area contributed by atoms with Crippen LogP contribution in [0.15, 0.2) is 12.1 Å². The molecule has 0 aliphatic heterocycles. The molecule has 1 aromatic rings. The summed E-state index contributed by atoms with van der Waals surface area (Å²) in [6.07, 6.45) is -5.57. The van der Waals surface area contributed by atoms with E-state index in [2.05, 4.69) is 0 Å². The van der Waals surface area contributed by atoms with Crippen LogP contribution in [0.3, 0.4) is 0 Å². The van der Waals surface area contributed by atoms with Crippen LogP contribution in [0.4, 0.5) is 13.2 Å². The average molecular weight is 236 g/mol. The highest BCUT2D eigenvalue weighted by atomic mass is 19.4. The Labute approximate surface area is 89.8 Å². The number of rotatable bonds is 2. The maximum absolute atomic E-state index is 12.3. The Balaban J connectivity index is 3.19. The van der Waals surface area contributed by atoms with Crippen molar-refractivity contribution in [2.24, 2.45) is 0 Å². The summed E-state index contributed by atoms with van der Waals surface area (Å²) in [4.78, 5) is 0. The normalized spacial score (nSPS) is 13.8. The van der Waals surface area contributed by atoms with Crippen LogP contribution in [0.5, 0.6) is 11.5 Å². The van der Waals surface area contributed by atoms with Gasteiger partial charge in [-0.15, -0.1) is 0 Å². The number of phenolic OH excluding ortho intramolecular Hbond substituents is 2. The maximum Gasteiger partial charge on any atom is 0.420 e. The van der Waals surface area contributed by atoms with Crippen molar-refractivity contribution in [2.45, 2.75) is 25.6 Å². The van der Waals surface area contributed by atoms with E-state index in [1.165, 1.54) is 6.92 Å². The summed E-state index contributed by atoms with van der Waals surface area (Å²) in [5, 5.41) is 27.5. The van der Waals surface area contributed by atoms with Crippen LogP contribution in [0.2, 0.25) is 0 Å². The quantitative estimate of drug-likeness (QED) is 0.688. The molecule has 0 heterocycles. The van der Waals surface area contributed by atoms with E-state index in [4.69, 9.17) is 5.11 Å². The predicted octanol–water partition coefficient (Wildman–Crippen LogP) is 2.04. The van der Waals surface area contributed by atoms with Gasteiger partial charge in [-0.05, 0) is 13.0 Å². The molecular formula is C10H11F3O3. The maximum atomic E-state index is 12.3. The molecule has 6 heteroatoms. The van der Waals surface area contributed by atoms with Gasteiger partial charge in [0.1, 0.15) is 5.56 Å². The van der Waals surface area contributed by atoms with Crippen LogP contribution in [0.1, 0.15) is 18.1 Å². The minimum Gasteiger partial charge on any atom is -0.504 e. The molecule has 0 spiro atoms. The molecule has 1 unspecified atom stereocenters. The third-order valence-electron chi connectivity index (χ3n) is 2.06. The second-order valence-corrected chi connectivity index (χ2v) is 3.52. The van der Waals surface area contributed by atoms with Crippen LogP contribution in [0.25, 0.3) is 0 Å². The van der Waals surface area contributed by atoms with Gasteiger partial charge in [-0.3, -0.25) is 0 Å². The molecule has 3 nitrogen and oxygen atoms in total. The Morgan fingerprint density at radius 1 is 1.19 bits per heavy atom. The van der Waals surface area contributed by atoms with Crippen molar-refractivity contribution in [1.82, 2.24) is 0 Å². The van der Waals surface area contributed by atoms with E-state index < -0.39 is 29.3 Å². The molecule has 16 heavy (non-hydrogen) atoms. The van der Waals surface area contributed by atoms with Gasteiger partial charge in [0.15, 0.2) is 11.5 Å². The fourth-order valence-electron chi connectivity index (χ4n) is 1.33. The molecule has 0 aliphatic carbocycles. The average Bonchev–Trinajstić information content (AvgIpc) is 2.10. The zero-order valence-corrected chi connectivity index (χ0v) is 8.41. The van der Waals surface area contributed by atoms with E-state index >= 15 is 0 Å². The summed E-state index contributed by atoms with van der Waals surface area (Å²) >= 11 is 0. The van der Waals surface area contributed by atoms with Gasteiger partial charge in [0.05, 0.1) is 6.10 Å². The topological polar surface area (TPSA) is 60.7 Å². The van der Waals surface area contributed by atoms with Crippen LogP contribution in [-0.2, 0) is 12.6 Å². The lowest BCUT2D eigenvalue weighted by Crippen LogP contribution is -2.08. The lowest BCUT2D eigenvalue weighted by Gasteiger charge is -2.13. The van der Waals surface area contributed by atoms with Crippen molar-refractivity contribution in [2.75, 3.05) is 0 Å². The summed E-state index contributed by atoms with van der Waals surface area (Å²) < 4.78 is 36.9. The number of phenols is 2. The first-order valence-electron chi connectivity index (χ1n) is 4.52. The summed E-state index contributed by atoms with van der Waals surface area (Å²) in [5.41, 5.74) is -1.22. The highest BCUT2D eigenvalue weighted by Gasteiger charge is 2.35. The van der Waals surface area contributed by atoms with E-state index in [-0.39, 0.29) is 12.0 Å². The van der Waals surface area contributed by atoms with Gasteiger partial charge in [0.2, 0.25) is 0 Å².